The third-order valence-electron chi connectivity index (χ3n) is 2.27. The summed E-state index contributed by atoms with van der Waals surface area (Å²) in [4.78, 5) is 8.52. The van der Waals surface area contributed by atoms with Crippen molar-refractivity contribution >= 4 is 34.2 Å². The van der Waals surface area contributed by atoms with Gasteiger partial charge in [-0.25, -0.2) is 14.4 Å². The molecular formula is C12H9ClFIN2. The second-order valence-corrected chi connectivity index (χ2v) is 5.07. The van der Waals surface area contributed by atoms with Gasteiger partial charge in [-0.15, -0.1) is 0 Å². The van der Waals surface area contributed by atoms with Gasteiger partial charge < -0.3 is 0 Å². The number of hydrogen-bond acceptors (Lipinski definition) is 2. The molecule has 0 aliphatic heterocycles. The minimum atomic E-state index is -0.254. The van der Waals surface area contributed by atoms with Crippen LogP contribution in [0.1, 0.15) is 17.1 Å². The summed E-state index contributed by atoms with van der Waals surface area (Å²) in [6.07, 6.45) is 0.481. The Labute approximate surface area is 117 Å². The molecule has 0 aliphatic carbocycles. The normalized spacial score (nSPS) is 10.6. The summed E-state index contributed by atoms with van der Waals surface area (Å²) in [5, 5.41) is 0.449. The molecular weight excluding hydrogens is 354 g/mol. The summed E-state index contributed by atoms with van der Waals surface area (Å²) in [6, 6.07) is 6.40. The van der Waals surface area contributed by atoms with E-state index in [9.17, 15) is 4.39 Å². The van der Waals surface area contributed by atoms with Gasteiger partial charge in [-0.1, -0.05) is 23.7 Å². The van der Waals surface area contributed by atoms with Gasteiger partial charge in [0.05, 0.1) is 9.26 Å². The van der Waals surface area contributed by atoms with Gasteiger partial charge in [-0.3, -0.25) is 0 Å². The first kappa shape index (κ1) is 12.7. The van der Waals surface area contributed by atoms with Gasteiger partial charge in [0, 0.05) is 6.42 Å². The number of rotatable bonds is 2. The van der Waals surface area contributed by atoms with Crippen molar-refractivity contribution in [3.63, 3.8) is 0 Å². The summed E-state index contributed by atoms with van der Waals surface area (Å²) in [5.41, 5.74) is 1.68. The van der Waals surface area contributed by atoms with Crippen LogP contribution in [0.15, 0.2) is 24.3 Å². The molecule has 0 atom stereocenters. The molecule has 0 aliphatic rings. The average molecular weight is 363 g/mol. The topological polar surface area (TPSA) is 25.8 Å². The van der Waals surface area contributed by atoms with Crippen LogP contribution in [0.3, 0.4) is 0 Å². The molecule has 0 amide bonds. The highest BCUT2D eigenvalue weighted by atomic mass is 127. The Morgan fingerprint density at radius 1 is 1.35 bits per heavy atom. The highest BCUT2D eigenvalue weighted by Crippen LogP contribution is 2.19. The van der Waals surface area contributed by atoms with Crippen LogP contribution in [0.5, 0.6) is 0 Å². The standard InChI is InChI=1S/C12H9ClFIN2/c1-7-11(15)12(13)17-10(16-7)6-8-3-2-4-9(14)5-8/h2-5H,6H2,1H3. The molecule has 88 valence electrons. The minimum absolute atomic E-state index is 0.254. The number of benzene rings is 1. The molecule has 0 radical (unpaired) electrons. The smallest absolute Gasteiger partial charge is 0.146 e. The molecule has 0 fully saturated rings. The summed E-state index contributed by atoms with van der Waals surface area (Å²) in [7, 11) is 0. The second-order valence-electron chi connectivity index (χ2n) is 3.64. The number of aryl methyl sites for hydroxylation is 1. The van der Waals surface area contributed by atoms with Gasteiger partial charge in [-0.2, -0.15) is 0 Å². The lowest BCUT2D eigenvalue weighted by Crippen LogP contribution is -2.01. The van der Waals surface area contributed by atoms with Crippen LogP contribution in [0, 0.1) is 16.3 Å². The van der Waals surface area contributed by atoms with Crippen LogP contribution in [-0.4, -0.2) is 9.97 Å². The first-order valence-corrected chi connectivity index (χ1v) is 6.45. The summed E-state index contributed by atoms with van der Waals surface area (Å²) >= 11 is 8.09. The third-order valence-corrected chi connectivity index (χ3v) is 4.16. The number of aromatic nitrogens is 2. The highest BCUT2D eigenvalue weighted by molar-refractivity contribution is 14.1. The Bertz CT molecular complexity index is 537. The van der Waals surface area contributed by atoms with Crippen molar-refractivity contribution in [2.75, 3.05) is 0 Å². The van der Waals surface area contributed by atoms with E-state index in [1.54, 1.807) is 6.07 Å². The highest BCUT2D eigenvalue weighted by Gasteiger charge is 2.08. The fraction of sp³-hybridized carbons (Fsp3) is 0.167. The first-order chi connectivity index (χ1) is 8.06. The van der Waals surface area contributed by atoms with Gasteiger partial charge in [0.25, 0.3) is 0 Å². The van der Waals surface area contributed by atoms with Crippen molar-refractivity contribution < 1.29 is 4.39 Å². The van der Waals surface area contributed by atoms with Crippen molar-refractivity contribution in [1.82, 2.24) is 9.97 Å². The predicted octanol–water partition coefficient (Wildman–Crippen LogP) is 3.77. The monoisotopic (exact) mass is 362 g/mol. The van der Waals surface area contributed by atoms with E-state index in [1.165, 1.54) is 12.1 Å². The SMILES string of the molecule is Cc1nc(Cc2cccc(F)c2)nc(Cl)c1I. The van der Waals surface area contributed by atoms with Crippen LogP contribution >= 0.6 is 34.2 Å². The van der Waals surface area contributed by atoms with Gasteiger partial charge in [0.15, 0.2) is 0 Å². The average Bonchev–Trinajstić information content (AvgIpc) is 2.26. The second kappa shape index (κ2) is 5.27. The van der Waals surface area contributed by atoms with E-state index >= 15 is 0 Å². The summed E-state index contributed by atoms with van der Waals surface area (Å²) in [6.45, 7) is 1.88. The fourth-order valence-electron chi connectivity index (χ4n) is 1.49. The Morgan fingerprint density at radius 2 is 2.12 bits per heavy atom. The first-order valence-electron chi connectivity index (χ1n) is 4.99. The molecule has 2 nitrogen and oxygen atoms in total. The third kappa shape index (κ3) is 3.13. The summed E-state index contributed by atoms with van der Waals surface area (Å²) in [5.74, 6) is 0.356. The molecule has 0 saturated carbocycles. The zero-order chi connectivity index (χ0) is 12.4. The lowest BCUT2D eigenvalue weighted by atomic mass is 10.1. The molecule has 0 spiro atoms. The van der Waals surface area contributed by atoms with E-state index in [2.05, 4.69) is 32.6 Å². The lowest BCUT2D eigenvalue weighted by molar-refractivity contribution is 0.625. The molecule has 1 aromatic heterocycles. The van der Waals surface area contributed by atoms with E-state index in [-0.39, 0.29) is 5.82 Å². The summed E-state index contributed by atoms with van der Waals surface area (Å²) < 4.78 is 13.9. The van der Waals surface area contributed by atoms with Gasteiger partial charge in [0.1, 0.15) is 16.8 Å². The maximum absolute atomic E-state index is 13.0. The molecule has 1 aromatic carbocycles. The zero-order valence-corrected chi connectivity index (χ0v) is 12.0. The molecule has 2 rings (SSSR count). The van der Waals surface area contributed by atoms with E-state index < -0.39 is 0 Å². The Balaban J connectivity index is 2.31. The van der Waals surface area contributed by atoms with E-state index in [0.717, 1.165) is 14.8 Å². The van der Waals surface area contributed by atoms with E-state index in [0.29, 0.717) is 17.4 Å². The van der Waals surface area contributed by atoms with E-state index in [1.807, 2.05) is 13.0 Å². The van der Waals surface area contributed by atoms with Gasteiger partial charge in [-0.05, 0) is 47.2 Å². The van der Waals surface area contributed by atoms with E-state index in [4.69, 9.17) is 11.6 Å². The molecule has 17 heavy (non-hydrogen) atoms. The molecule has 2 aromatic rings. The van der Waals surface area contributed by atoms with Crippen LogP contribution in [-0.2, 0) is 6.42 Å². The van der Waals surface area contributed by atoms with Crippen molar-refractivity contribution in [2.24, 2.45) is 0 Å². The van der Waals surface area contributed by atoms with Crippen LogP contribution in [0.2, 0.25) is 5.15 Å². The van der Waals surface area contributed by atoms with Gasteiger partial charge in [0.2, 0.25) is 0 Å². The number of nitrogens with zero attached hydrogens (tertiary/aromatic N) is 2. The molecule has 0 unspecified atom stereocenters. The quantitative estimate of drug-likeness (QED) is 0.600. The van der Waals surface area contributed by atoms with Crippen LogP contribution in [0.25, 0.3) is 0 Å². The van der Waals surface area contributed by atoms with Crippen molar-refractivity contribution in [1.29, 1.82) is 0 Å². The molecule has 0 N–H and O–H groups in total. The molecule has 5 heteroatoms. The van der Waals surface area contributed by atoms with Crippen LogP contribution < -0.4 is 0 Å². The Morgan fingerprint density at radius 3 is 2.76 bits per heavy atom. The molecule has 0 saturated heterocycles. The molecule has 1 heterocycles. The van der Waals surface area contributed by atoms with Gasteiger partial charge >= 0.3 is 0 Å². The van der Waals surface area contributed by atoms with Crippen molar-refractivity contribution in [3.05, 3.63) is 55.9 Å². The number of halogens is 3. The Kier molecular flexibility index (Phi) is 3.93. The molecule has 0 bridgehead atoms. The minimum Gasteiger partial charge on any atom is -0.237 e. The number of hydrogen-bond donors (Lipinski definition) is 0. The van der Waals surface area contributed by atoms with Crippen molar-refractivity contribution in [2.45, 2.75) is 13.3 Å². The largest absolute Gasteiger partial charge is 0.237 e. The fourth-order valence-corrected chi connectivity index (χ4v) is 1.96. The lowest BCUT2D eigenvalue weighted by Gasteiger charge is -2.05. The van der Waals surface area contributed by atoms with Crippen molar-refractivity contribution in [3.8, 4) is 0 Å². The predicted molar refractivity (Wildman–Crippen MR) is 73.7 cm³/mol. The Hall–Kier alpha value is -0.750. The maximum Gasteiger partial charge on any atom is 0.146 e. The zero-order valence-electron chi connectivity index (χ0n) is 9.04. The maximum atomic E-state index is 13.0. The van der Waals surface area contributed by atoms with Crippen LogP contribution in [0.4, 0.5) is 4.39 Å².